The number of benzene rings is 1. The maximum absolute atomic E-state index is 11.0. The molecule has 98 valence electrons. The highest BCUT2D eigenvalue weighted by Gasteiger charge is 2.29. The van der Waals surface area contributed by atoms with Crippen molar-refractivity contribution in [2.24, 2.45) is 0 Å². The second-order valence-electron chi connectivity index (χ2n) is 4.71. The molecule has 2 heterocycles. The molecule has 1 aromatic carbocycles. The Kier molecular flexibility index (Phi) is 3.21. The lowest BCUT2D eigenvalue weighted by Crippen LogP contribution is -2.22. The molecule has 1 aliphatic rings. The highest BCUT2D eigenvalue weighted by atomic mass is 32.1. The number of carboxylic acid groups (broad SMARTS) is 1. The number of hydrogen-bond donors (Lipinski definition) is 1. The van der Waals surface area contributed by atoms with Gasteiger partial charge in [0.25, 0.3) is 0 Å². The molecule has 5 heteroatoms. The van der Waals surface area contributed by atoms with E-state index in [-0.39, 0.29) is 12.3 Å². The van der Waals surface area contributed by atoms with E-state index in [9.17, 15) is 4.79 Å². The van der Waals surface area contributed by atoms with Crippen molar-refractivity contribution in [1.82, 2.24) is 4.98 Å². The van der Waals surface area contributed by atoms with Crippen molar-refractivity contribution < 1.29 is 9.90 Å². The Morgan fingerprint density at radius 1 is 1.47 bits per heavy atom. The predicted octanol–water partition coefficient (Wildman–Crippen LogP) is 2.72. The second-order valence-corrected chi connectivity index (χ2v) is 5.43. The van der Waals surface area contributed by atoms with Crippen molar-refractivity contribution in [3.05, 3.63) is 46.4 Å². The predicted molar refractivity (Wildman–Crippen MR) is 74.6 cm³/mol. The number of rotatable bonds is 4. The highest BCUT2D eigenvalue weighted by Crippen LogP contribution is 2.38. The molecular formula is C14H14N2O2S. The van der Waals surface area contributed by atoms with Gasteiger partial charge in [0.15, 0.2) is 0 Å². The molecule has 0 radical (unpaired) electrons. The van der Waals surface area contributed by atoms with E-state index < -0.39 is 5.97 Å². The molecule has 1 aromatic heterocycles. The molecule has 3 rings (SSSR count). The van der Waals surface area contributed by atoms with Gasteiger partial charge in [0, 0.05) is 23.5 Å². The van der Waals surface area contributed by atoms with Gasteiger partial charge in [0.05, 0.1) is 24.2 Å². The molecule has 0 spiro atoms. The van der Waals surface area contributed by atoms with Gasteiger partial charge >= 0.3 is 5.97 Å². The summed E-state index contributed by atoms with van der Waals surface area (Å²) in [5.41, 5.74) is 5.14. The van der Waals surface area contributed by atoms with Crippen LogP contribution in [-0.4, -0.2) is 22.6 Å². The summed E-state index contributed by atoms with van der Waals surface area (Å²) in [4.78, 5) is 17.5. The third kappa shape index (κ3) is 2.46. The Hall–Kier alpha value is -1.88. The molecule has 0 aliphatic carbocycles. The van der Waals surface area contributed by atoms with Gasteiger partial charge < -0.3 is 10.0 Å². The van der Waals surface area contributed by atoms with Crippen LogP contribution in [0.15, 0.2) is 35.2 Å². The Morgan fingerprint density at radius 2 is 2.32 bits per heavy atom. The number of aromatic nitrogens is 1. The van der Waals surface area contributed by atoms with Crippen LogP contribution in [0.1, 0.15) is 23.6 Å². The topological polar surface area (TPSA) is 53.4 Å². The van der Waals surface area contributed by atoms with Crippen LogP contribution in [0.5, 0.6) is 0 Å². The van der Waals surface area contributed by atoms with Gasteiger partial charge in [0.2, 0.25) is 0 Å². The Bertz CT molecular complexity index is 583. The van der Waals surface area contributed by atoms with E-state index in [0.717, 1.165) is 30.0 Å². The van der Waals surface area contributed by atoms with E-state index in [2.05, 4.69) is 16.0 Å². The Morgan fingerprint density at radius 3 is 3.05 bits per heavy atom. The molecule has 0 bridgehead atoms. The largest absolute Gasteiger partial charge is 0.481 e. The maximum Gasteiger partial charge on any atom is 0.304 e. The first-order chi connectivity index (χ1) is 9.24. The number of anilines is 1. The van der Waals surface area contributed by atoms with E-state index in [1.165, 1.54) is 0 Å². The Balaban J connectivity index is 1.86. The van der Waals surface area contributed by atoms with Crippen molar-refractivity contribution >= 4 is 23.0 Å². The number of hydrogen-bond acceptors (Lipinski definition) is 4. The minimum absolute atomic E-state index is 0.0762. The van der Waals surface area contributed by atoms with Crippen molar-refractivity contribution in [1.29, 1.82) is 0 Å². The second kappa shape index (κ2) is 5.01. The zero-order valence-corrected chi connectivity index (χ0v) is 11.1. The molecule has 0 saturated heterocycles. The lowest BCUT2D eigenvalue weighted by Gasteiger charge is -2.18. The standard InChI is InChI=1S/C14H14N2O2S/c17-14(18)5-10-6-16(7-11-8-19-9-15-11)13-4-2-1-3-12(10)13/h1-4,8-10H,5-7H2,(H,17,18). The average Bonchev–Trinajstić information content (AvgIpc) is 2.99. The summed E-state index contributed by atoms with van der Waals surface area (Å²) in [6.45, 7) is 1.50. The maximum atomic E-state index is 11.0. The summed E-state index contributed by atoms with van der Waals surface area (Å²) >= 11 is 1.58. The molecule has 1 aliphatic heterocycles. The summed E-state index contributed by atoms with van der Waals surface area (Å²) in [6.07, 6.45) is 0.185. The van der Waals surface area contributed by atoms with Gasteiger partial charge in [-0.2, -0.15) is 0 Å². The number of nitrogens with zero attached hydrogens (tertiary/aromatic N) is 2. The van der Waals surface area contributed by atoms with Crippen molar-refractivity contribution in [3.8, 4) is 0 Å². The minimum Gasteiger partial charge on any atom is -0.481 e. The SMILES string of the molecule is O=C(O)CC1CN(Cc2cscn2)c2ccccc21. The minimum atomic E-state index is -0.740. The van der Waals surface area contributed by atoms with Crippen LogP contribution in [0.3, 0.4) is 0 Å². The number of thiazole rings is 1. The number of fused-ring (bicyclic) bond motifs is 1. The average molecular weight is 274 g/mol. The fourth-order valence-corrected chi connectivity index (χ4v) is 3.18. The molecule has 0 amide bonds. The van der Waals surface area contributed by atoms with E-state index in [1.54, 1.807) is 11.3 Å². The number of para-hydroxylation sites is 1. The molecule has 4 nitrogen and oxygen atoms in total. The number of carbonyl (C=O) groups is 1. The van der Waals surface area contributed by atoms with Crippen molar-refractivity contribution in [3.63, 3.8) is 0 Å². The van der Waals surface area contributed by atoms with Gasteiger partial charge in [-0.25, -0.2) is 4.98 Å². The van der Waals surface area contributed by atoms with Crippen molar-refractivity contribution in [2.75, 3.05) is 11.4 Å². The molecule has 1 atom stereocenters. The summed E-state index contributed by atoms with van der Waals surface area (Å²) < 4.78 is 0. The molecule has 1 N–H and O–H groups in total. The van der Waals surface area contributed by atoms with Crippen molar-refractivity contribution in [2.45, 2.75) is 18.9 Å². The zero-order valence-electron chi connectivity index (χ0n) is 10.3. The normalized spacial score (nSPS) is 17.5. The first-order valence-electron chi connectivity index (χ1n) is 6.17. The highest BCUT2D eigenvalue weighted by molar-refractivity contribution is 7.07. The molecule has 19 heavy (non-hydrogen) atoms. The van der Waals surface area contributed by atoms with E-state index >= 15 is 0 Å². The van der Waals surface area contributed by atoms with Crippen LogP contribution >= 0.6 is 11.3 Å². The summed E-state index contributed by atoms with van der Waals surface area (Å²) in [6, 6.07) is 8.06. The summed E-state index contributed by atoms with van der Waals surface area (Å²) in [5, 5.41) is 11.0. The van der Waals surface area contributed by atoms with Gasteiger partial charge in [-0.3, -0.25) is 4.79 Å². The first-order valence-corrected chi connectivity index (χ1v) is 7.11. The quantitative estimate of drug-likeness (QED) is 0.931. The van der Waals surface area contributed by atoms with Gasteiger partial charge in [0.1, 0.15) is 0 Å². The molecule has 2 aromatic rings. The third-order valence-corrected chi connectivity index (χ3v) is 4.05. The fraction of sp³-hybridized carbons (Fsp3) is 0.286. The van der Waals surface area contributed by atoms with Gasteiger partial charge in [-0.1, -0.05) is 18.2 Å². The van der Waals surface area contributed by atoms with Crippen LogP contribution in [-0.2, 0) is 11.3 Å². The summed E-state index contributed by atoms with van der Waals surface area (Å²) in [5.74, 6) is -0.664. The first kappa shape index (κ1) is 12.2. The smallest absolute Gasteiger partial charge is 0.304 e. The molecule has 1 unspecified atom stereocenters. The molecule has 0 saturated carbocycles. The molecular weight excluding hydrogens is 260 g/mol. The van der Waals surface area contributed by atoms with Crippen LogP contribution in [0.4, 0.5) is 5.69 Å². The Labute approximate surface area is 115 Å². The molecule has 0 fully saturated rings. The van der Waals surface area contributed by atoms with Gasteiger partial charge in [-0.15, -0.1) is 11.3 Å². The zero-order chi connectivity index (χ0) is 13.2. The lowest BCUT2D eigenvalue weighted by molar-refractivity contribution is -0.137. The van der Waals surface area contributed by atoms with Crippen LogP contribution < -0.4 is 4.90 Å². The number of aliphatic carboxylic acids is 1. The van der Waals surface area contributed by atoms with E-state index in [0.29, 0.717) is 0 Å². The van der Waals surface area contributed by atoms with Gasteiger partial charge in [-0.05, 0) is 11.6 Å². The van der Waals surface area contributed by atoms with Crippen LogP contribution in [0.2, 0.25) is 0 Å². The monoisotopic (exact) mass is 274 g/mol. The summed E-state index contributed by atoms with van der Waals surface area (Å²) in [7, 11) is 0. The van der Waals surface area contributed by atoms with Crippen LogP contribution in [0, 0.1) is 0 Å². The van der Waals surface area contributed by atoms with E-state index in [1.807, 2.05) is 29.1 Å². The van der Waals surface area contributed by atoms with E-state index in [4.69, 9.17) is 5.11 Å². The fourth-order valence-electron chi connectivity index (χ4n) is 2.63. The lowest BCUT2D eigenvalue weighted by atomic mass is 9.98. The third-order valence-electron chi connectivity index (χ3n) is 3.42. The number of carboxylic acids is 1. The van der Waals surface area contributed by atoms with Crippen LogP contribution in [0.25, 0.3) is 0 Å².